The third-order valence-electron chi connectivity index (χ3n) is 9.66. The molecule has 0 saturated carbocycles. The molecular weight excluding hydrogens is 804 g/mol. The van der Waals surface area contributed by atoms with Gasteiger partial charge in [0, 0.05) is 18.8 Å². The number of amides is 1. The summed E-state index contributed by atoms with van der Waals surface area (Å²) in [5, 5.41) is 20.5. The Hall–Kier alpha value is -4.22. The van der Waals surface area contributed by atoms with E-state index in [0.29, 0.717) is 35.8 Å². The average molecular weight is 861 g/mol. The molecular formula is C41H57N4O12PS. The van der Waals surface area contributed by atoms with Crippen molar-refractivity contribution in [3.63, 3.8) is 0 Å². The van der Waals surface area contributed by atoms with Crippen LogP contribution in [0.3, 0.4) is 0 Å². The SMILES string of the molecule is COc1ccc(S(=O)(=O)N(CC(C)C)C[C@@H](O)[C@H](Cc2ccc(NCP(=O)(N[C@@H](C)C(=O)OC(C)C)Oc3ccccc3)cc2)NC(=O)O[C@H]2CO[C@H]3OCC[C@H]32)cc1. The lowest BCUT2D eigenvalue weighted by atomic mass is 10.0. The first kappa shape index (κ1) is 45.9. The number of nitrogens with zero attached hydrogens (tertiary/aromatic N) is 1. The van der Waals surface area contributed by atoms with Crippen LogP contribution in [0.5, 0.6) is 11.5 Å². The van der Waals surface area contributed by atoms with Crippen molar-refractivity contribution in [1.29, 1.82) is 0 Å². The van der Waals surface area contributed by atoms with E-state index in [2.05, 4.69) is 15.7 Å². The van der Waals surface area contributed by atoms with Crippen LogP contribution in [0.25, 0.3) is 0 Å². The molecule has 0 aliphatic carbocycles. The smallest absolute Gasteiger partial charge is 0.407 e. The number of para-hydroxylation sites is 1. The molecule has 0 spiro atoms. The molecule has 5 rings (SSSR count). The molecule has 2 aliphatic rings. The number of nitrogens with one attached hydrogen (secondary N) is 3. The zero-order valence-electron chi connectivity index (χ0n) is 34.3. The quantitative estimate of drug-likeness (QED) is 0.0787. The minimum atomic E-state index is -4.07. The number of carbonyl (C=O) groups excluding carboxylic acids is 2. The van der Waals surface area contributed by atoms with Crippen molar-refractivity contribution in [2.45, 2.75) is 89.0 Å². The van der Waals surface area contributed by atoms with Crippen molar-refractivity contribution in [2.75, 3.05) is 45.0 Å². The van der Waals surface area contributed by atoms with Gasteiger partial charge in [-0.25, -0.2) is 18.3 Å². The fraction of sp³-hybridized carbons (Fsp3) is 0.512. The first-order valence-corrected chi connectivity index (χ1v) is 23.0. The van der Waals surface area contributed by atoms with Crippen molar-refractivity contribution < 1.29 is 55.9 Å². The van der Waals surface area contributed by atoms with E-state index in [0.717, 1.165) is 0 Å². The Balaban J connectivity index is 1.32. The Bertz CT molecular complexity index is 1970. The Morgan fingerprint density at radius 2 is 1.63 bits per heavy atom. The summed E-state index contributed by atoms with van der Waals surface area (Å²) in [6.45, 7) is 9.20. The van der Waals surface area contributed by atoms with Crippen LogP contribution in [0, 0.1) is 11.8 Å². The summed E-state index contributed by atoms with van der Waals surface area (Å²) >= 11 is 0. The van der Waals surface area contributed by atoms with E-state index in [4.69, 9.17) is 28.2 Å². The van der Waals surface area contributed by atoms with Crippen LogP contribution in [0.2, 0.25) is 0 Å². The summed E-state index contributed by atoms with van der Waals surface area (Å²) in [7, 11) is -6.32. The van der Waals surface area contributed by atoms with E-state index >= 15 is 0 Å². The van der Waals surface area contributed by atoms with Gasteiger partial charge in [0.1, 0.15) is 29.9 Å². The number of rotatable bonds is 21. The maximum Gasteiger partial charge on any atom is 0.407 e. The average Bonchev–Trinajstić information content (AvgIpc) is 3.82. The van der Waals surface area contributed by atoms with Crippen LogP contribution >= 0.6 is 7.52 Å². The number of hydrogen-bond acceptors (Lipinski definition) is 13. The van der Waals surface area contributed by atoms with E-state index in [1.807, 2.05) is 13.8 Å². The first-order valence-electron chi connectivity index (χ1n) is 19.7. The van der Waals surface area contributed by atoms with Crippen molar-refractivity contribution in [3.8, 4) is 11.5 Å². The zero-order valence-corrected chi connectivity index (χ0v) is 36.0. The number of carbonyl (C=O) groups is 2. The fourth-order valence-corrected chi connectivity index (χ4v) is 10.1. The van der Waals surface area contributed by atoms with Crippen molar-refractivity contribution in [3.05, 3.63) is 84.4 Å². The summed E-state index contributed by atoms with van der Waals surface area (Å²) in [5.74, 6) is 0.0730. The topological polar surface area (TPSA) is 200 Å². The molecule has 2 heterocycles. The number of benzene rings is 3. The number of esters is 1. The van der Waals surface area contributed by atoms with Crippen LogP contribution in [0.15, 0.2) is 83.8 Å². The van der Waals surface area contributed by atoms with Gasteiger partial charge in [-0.2, -0.15) is 4.31 Å². The van der Waals surface area contributed by atoms with Crippen LogP contribution < -0.4 is 25.0 Å². The Morgan fingerprint density at radius 3 is 2.27 bits per heavy atom. The number of ether oxygens (including phenoxy) is 5. The Labute approximate surface area is 346 Å². The second-order valence-electron chi connectivity index (χ2n) is 15.3. The highest BCUT2D eigenvalue weighted by molar-refractivity contribution is 7.89. The third kappa shape index (κ3) is 13.1. The molecule has 0 radical (unpaired) electrons. The maximum atomic E-state index is 14.1. The molecule has 59 heavy (non-hydrogen) atoms. The van der Waals surface area contributed by atoms with Crippen molar-refractivity contribution in [2.24, 2.45) is 11.8 Å². The molecule has 7 atom stereocenters. The van der Waals surface area contributed by atoms with E-state index in [-0.39, 0.29) is 55.2 Å². The molecule has 0 aromatic heterocycles. The summed E-state index contributed by atoms with van der Waals surface area (Å²) in [5.41, 5.74) is 1.26. The molecule has 4 N–H and O–H groups in total. The highest BCUT2D eigenvalue weighted by Gasteiger charge is 2.44. The van der Waals surface area contributed by atoms with Crippen LogP contribution in [0.1, 0.15) is 46.6 Å². The normalized spacial score (nSPS) is 20.3. The number of aliphatic hydroxyl groups is 1. The van der Waals surface area contributed by atoms with Gasteiger partial charge in [-0.3, -0.25) is 9.36 Å². The van der Waals surface area contributed by atoms with Crippen LogP contribution in [-0.2, 0) is 44.8 Å². The van der Waals surface area contributed by atoms with Gasteiger partial charge >= 0.3 is 19.6 Å². The predicted molar refractivity (Wildman–Crippen MR) is 221 cm³/mol. The van der Waals surface area contributed by atoms with Gasteiger partial charge in [0.05, 0.1) is 49.4 Å². The molecule has 324 valence electrons. The number of hydrogen-bond donors (Lipinski definition) is 4. The van der Waals surface area contributed by atoms with Crippen LogP contribution in [0.4, 0.5) is 10.5 Å². The van der Waals surface area contributed by atoms with Gasteiger partial charge in [0.2, 0.25) is 10.0 Å². The number of anilines is 1. The molecule has 3 aromatic rings. The number of sulfonamides is 1. The lowest BCUT2D eigenvalue weighted by Gasteiger charge is -2.31. The second kappa shape index (κ2) is 20.8. The standard InChI is InChI=1S/C41H57N4O12PS/c1-27(2)23-45(59(50,51)34-18-16-32(52-6)17-19-34)24-37(46)36(43-41(48)56-38-25-54-40-35(38)20-21-53-40)22-30-12-14-31(15-13-30)42-26-58(49,57-33-10-8-7-9-11-33)44-29(5)39(47)55-28(3)4/h7-19,27-29,35-38,40,42,46H,20-26H2,1-6H3,(H,43,48)(H,44,49)/t29-,35-,36-,37+,38-,40+,58?/m0/s1. The maximum absolute atomic E-state index is 14.1. The van der Waals surface area contributed by atoms with Gasteiger partial charge < -0.3 is 43.9 Å². The molecule has 18 heteroatoms. The number of alkyl carbamates (subject to hydrolysis) is 1. The summed E-state index contributed by atoms with van der Waals surface area (Å²) in [6, 6.07) is 19.7. The molecule has 2 saturated heterocycles. The minimum absolute atomic E-state index is 0.0339. The molecule has 16 nitrogen and oxygen atoms in total. The lowest BCUT2D eigenvalue weighted by molar-refractivity contribution is -0.149. The van der Waals surface area contributed by atoms with Crippen LogP contribution in [-0.4, -0.2) is 106 Å². The Kier molecular flexibility index (Phi) is 16.2. The highest BCUT2D eigenvalue weighted by Crippen LogP contribution is 2.43. The van der Waals surface area contributed by atoms with Crippen molar-refractivity contribution in [1.82, 2.24) is 14.7 Å². The van der Waals surface area contributed by atoms with Gasteiger partial charge in [-0.05, 0) is 93.6 Å². The zero-order chi connectivity index (χ0) is 42.7. The molecule has 3 aromatic carbocycles. The third-order valence-corrected chi connectivity index (χ3v) is 13.4. The molecule has 2 fully saturated rings. The molecule has 1 amide bonds. The Morgan fingerprint density at radius 1 is 0.932 bits per heavy atom. The predicted octanol–water partition coefficient (Wildman–Crippen LogP) is 5.37. The monoisotopic (exact) mass is 860 g/mol. The molecule has 2 aliphatic heterocycles. The van der Waals surface area contributed by atoms with Crippen molar-refractivity contribution >= 4 is 35.3 Å². The number of methoxy groups -OCH3 is 1. The molecule has 1 unspecified atom stereocenters. The fourth-order valence-electron chi connectivity index (χ4n) is 6.71. The van der Waals surface area contributed by atoms with Gasteiger partial charge in [-0.15, -0.1) is 0 Å². The van der Waals surface area contributed by atoms with E-state index in [1.165, 1.54) is 23.5 Å². The summed E-state index contributed by atoms with van der Waals surface area (Å²) < 4.78 is 76.5. The lowest BCUT2D eigenvalue weighted by Crippen LogP contribution is -2.51. The highest BCUT2D eigenvalue weighted by atomic mass is 32.2. The molecule has 0 bridgehead atoms. The largest absolute Gasteiger partial charge is 0.497 e. The number of fused-ring (bicyclic) bond motifs is 1. The van der Waals surface area contributed by atoms with E-state index in [1.54, 1.807) is 87.5 Å². The number of aliphatic hydroxyl groups excluding tert-OH is 1. The summed E-state index contributed by atoms with van der Waals surface area (Å²) in [4.78, 5) is 26.0. The van der Waals surface area contributed by atoms with Gasteiger partial charge in [0.15, 0.2) is 6.29 Å². The second-order valence-corrected chi connectivity index (χ2v) is 19.4. The van der Waals surface area contributed by atoms with Gasteiger partial charge in [0.25, 0.3) is 0 Å². The van der Waals surface area contributed by atoms with E-state index < -0.39 is 60.2 Å². The van der Waals surface area contributed by atoms with E-state index in [9.17, 15) is 27.7 Å². The minimum Gasteiger partial charge on any atom is -0.497 e. The first-order chi connectivity index (χ1) is 28.0. The summed E-state index contributed by atoms with van der Waals surface area (Å²) in [6.07, 6.45) is -2.91. The van der Waals surface area contributed by atoms with Gasteiger partial charge in [-0.1, -0.05) is 44.2 Å².